The Morgan fingerprint density at radius 3 is 1.98 bits per heavy atom. The Morgan fingerprint density at radius 2 is 1.11 bits per heavy atom. The smallest absolute Gasteiger partial charge is 0.178 e. The number of aromatic nitrogens is 1. The molecule has 1 aliphatic carbocycles. The van der Waals surface area contributed by atoms with Crippen molar-refractivity contribution in [1.82, 2.24) is 4.98 Å². The average molecular weight is 696 g/mol. The van der Waals surface area contributed by atoms with Crippen LogP contribution in [0.25, 0.3) is 77.8 Å². The van der Waals surface area contributed by atoms with Gasteiger partial charge in [0, 0.05) is 38.4 Å². The van der Waals surface area contributed by atoms with Gasteiger partial charge >= 0.3 is 0 Å². The Hall–Kier alpha value is -6.91. The van der Waals surface area contributed by atoms with E-state index >= 15 is 0 Å². The standard InChI is InChI=1S/C50H33NO3/c1-50(2)39-16-8-6-14-38(39)47-40(50)25-26-45-49(47)54-48-35(15-10-18-44(48)53-45)31-21-19-30(20-22-31)34-27-41(32-11-4-3-5-12-32)51-42(28-34)33-23-24-37-36-13-7-9-17-43(36)52-46(37)29-33/h3-29H,1-2H3. The lowest BCUT2D eigenvalue weighted by Crippen LogP contribution is -2.15. The molecule has 9 aromatic rings. The summed E-state index contributed by atoms with van der Waals surface area (Å²) in [4.78, 5) is 5.17. The molecule has 11 rings (SSSR count). The van der Waals surface area contributed by atoms with Crippen LogP contribution >= 0.6 is 0 Å². The number of benzene rings is 7. The summed E-state index contributed by atoms with van der Waals surface area (Å²) in [5.41, 5.74) is 14.5. The molecule has 0 bridgehead atoms. The van der Waals surface area contributed by atoms with Crippen molar-refractivity contribution in [2.45, 2.75) is 19.3 Å². The Balaban J connectivity index is 0.984. The maximum atomic E-state index is 6.91. The van der Waals surface area contributed by atoms with Crippen molar-refractivity contribution in [3.05, 3.63) is 175 Å². The molecule has 0 amide bonds. The van der Waals surface area contributed by atoms with Crippen molar-refractivity contribution in [2.75, 3.05) is 0 Å². The van der Waals surface area contributed by atoms with Gasteiger partial charge in [-0.25, -0.2) is 4.98 Å². The molecule has 2 aromatic heterocycles. The zero-order valence-corrected chi connectivity index (χ0v) is 29.8. The average Bonchev–Trinajstić information content (AvgIpc) is 3.71. The van der Waals surface area contributed by atoms with Gasteiger partial charge < -0.3 is 13.9 Å². The van der Waals surface area contributed by atoms with Gasteiger partial charge in [0.2, 0.25) is 0 Å². The number of fused-ring (bicyclic) bond motifs is 9. The van der Waals surface area contributed by atoms with Crippen LogP contribution < -0.4 is 9.47 Å². The second-order valence-electron chi connectivity index (χ2n) is 14.7. The summed E-state index contributed by atoms with van der Waals surface area (Å²) in [5.74, 6) is 2.96. The van der Waals surface area contributed by atoms with Crippen LogP contribution in [0.15, 0.2) is 168 Å². The van der Waals surface area contributed by atoms with Crippen molar-refractivity contribution < 1.29 is 13.9 Å². The SMILES string of the molecule is CC1(C)c2ccccc2-c2c1ccc1c2Oc2c(cccc2-c2ccc(-c3cc(-c4ccccc4)nc(-c4ccc5c(c4)oc4ccccc45)c3)cc2)O1. The predicted octanol–water partition coefficient (Wildman–Crippen LogP) is 13.9. The van der Waals surface area contributed by atoms with Crippen LogP contribution in [-0.4, -0.2) is 4.98 Å². The van der Waals surface area contributed by atoms with Gasteiger partial charge in [-0.2, -0.15) is 0 Å². The summed E-state index contributed by atoms with van der Waals surface area (Å²) in [5, 5.41) is 2.22. The number of pyridine rings is 1. The molecule has 7 aromatic carbocycles. The van der Waals surface area contributed by atoms with Crippen LogP contribution in [0.4, 0.5) is 0 Å². The zero-order valence-electron chi connectivity index (χ0n) is 29.8. The highest BCUT2D eigenvalue weighted by atomic mass is 16.6. The zero-order chi connectivity index (χ0) is 36.0. The van der Waals surface area contributed by atoms with Crippen LogP contribution in [0.1, 0.15) is 25.0 Å². The molecular formula is C50H33NO3. The maximum absolute atomic E-state index is 6.91. The van der Waals surface area contributed by atoms with Crippen LogP contribution in [0.3, 0.4) is 0 Å². The first-order chi connectivity index (χ1) is 26.5. The van der Waals surface area contributed by atoms with E-state index in [1.54, 1.807) is 0 Å². The molecule has 1 aliphatic heterocycles. The Bertz CT molecular complexity index is 2960. The summed E-state index contributed by atoms with van der Waals surface area (Å²) < 4.78 is 19.7. The first-order valence-electron chi connectivity index (χ1n) is 18.4. The van der Waals surface area contributed by atoms with Crippen molar-refractivity contribution in [2.24, 2.45) is 0 Å². The van der Waals surface area contributed by atoms with E-state index in [1.165, 1.54) is 16.7 Å². The molecule has 0 saturated heterocycles. The van der Waals surface area contributed by atoms with Gasteiger partial charge in [-0.3, -0.25) is 0 Å². The number of ether oxygens (including phenoxy) is 2. The van der Waals surface area contributed by atoms with Crippen molar-refractivity contribution in [1.29, 1.82) is 0 Å². The summed E-state index contributed by atoms with van der Waals surface area (Å²) in [7, 11) is 0. The number of nitrogens with zero attached hydrogens (tertiary/aromatic N) is 1. The van der Waals surface area contributed by atoms with Gasteiger partial charge in [0.05, 0.1) is 11.4 Å². The van der Waals surface area contributed by atoms with E-state index in [4.69, 9.17) is 18.9 Å². The number of rotatable bonds is 4. The summed E-state index contributed by atoms with van der Waals surface area (Å²) in [6.07, 6.45) is 0. The number of hydrogen-bond acceptors (Lipinski definition) is 4. The Kier molecular flexibility index (Phi) is 6.56. The minimum Gasteiger partial charge on any atom is -0.456 e. The lowest BCUT2D eigenvalue weighted by molar-refractivity contribution is 0.361. The highest BCUT2D eigenvalue weighted by Crippen LogP contribution is 2.59. The van der Waals surface area contributed by atoms with Crippen molar-refractivity contribution in [3.8, 4) is 78.9 Å². The second-order valence-corrected chi connectivity index (χ2v) is 14.7. The van der Waals surface area contributed by atoms with E-state index in [2.05, 4.69) is 135 Å². The Morgan fingerprint density at radius 1 is 0.426 bits per heavy atom. The molecule has 4 nitrogen and oxygen atoms in total. The molecule has 2 aliphatic rings. The van der Waals surface area contributed by atoms with Crippen molar-refractivity contribution in [3.63, 3.8) is 0 Å². The quantitative estimate of drug-likeness (QED) is 0.184. The molecule has 0 fully saturated rings. The third-order valence-corrected chi connectivity index (χ3v) is 11.2. The monoisotopic (exact) mass is 695 g/mol. The normalized spacial score (nSPS) is 13.4. The Labute approximate surface area is 312 Å². The van der Waals surface area contributed by atoms with Crippen LogP contribution in [-0.2, 0) is 5.41 Å². The maximum Gasteiger partial charge on any atom is 0.178 e. The minimum atomic E-state index is -0.132. The fourth-order valence-electron chi connectivity index (χ4n) is 8.40. The summed E-state index contributed by atoms with van der Waals surface area (Å²) in [6, 6.07) is 56.9. The molecule has 0 unspecified atom stereocenters. The third kappa shape index (κ3) is 4.66. The lowest BCUT2D eigenvalue weighted by atomic mass is 9.82. The number of hydrogen-bond donors (Lipinski definition) is 0. The topological polar surface area (TPSA) is 44.5 Å². The van der Waals surface area contributed by atoms with Gasteiger partial charge in [-0.1, -0.05) is 135 Å². The first-order valence-corrected chi connectivity index (χ1v) is 18.4. The second kappa shape index (κ2) is 11.5. The molecule has 0 radical (unpaired) electrons. The van der Waals surface area contributed by atoms with Crippen LogP contribution in [0, 0.1) is 0 Å². The van der Waals surface area contributed by atoms with Gasteiger partial charge in [-0.05, 0) is 75.8 Å². The largest absolute Gasteiger partial charge is 0.456 e. The van der Waals surface area contributed by atoms with Gasteiger partial charge in [-0.15, -0.1) is 0 Å². The van der Waals surface area contributed by atoms with Crippen LogP contribution in [0.5, 0.6) is 23.0 Å². The summed E-state index contributed by atoms with van der Waals surface area (Å²) in [6.45, 7) is 4.56. The molecular weight excluding hydrogens is 663 g/mol. The molecule has 0 atom stereocenters. The van der Waals surface area contributed by atoms with E-state index in [0.29, 0.717) is 5.75 Å². The lowest BCUT2D eigenvalue weighted by Gasteiger charge is -2.26. The van der Waals surface area contributed by atoms with Crippen molar-refractivity contribution >= 4 is 21.9 Å². The predicted molar refractivity (Wildman–Crippen MR) is 217 cm³/mol. The fraction of sp³-hybridized carbons (Fsp3) is 0.0600. The van der Waals surface area contributed by atoms with Gasteiger partial charge in [0.25, 0.3) is 0 Å². The summed E-state index contributed by atoms with van der Waals surface area (Å²) >= 11 is 0. The molecule has 3 heterocycles. The highest BCUT2D eigenvalue weighted by Gasteiger charge is 2.39. The third-order valence-electron chi connectivity index (χ3n) is 11.2. The van der Waals surface area contributed by atoms with Crippen LogP contribution in [0.2, 0.25) is 0 Å². The van der Waals surface area contributed by atoms with E-state index in [-0.39, 0.29) is 5.41 Å². The van der Waals surface area contributed by atoms with Gasteiger partial charge in [0.15, 0.2) is 23.0 Å². The molecule has 256 valence electrons. The molecule has 0 N–H and O–H groups in total. The fourth-order valence-corrected chi connectivity index (χ4v) is 8.40. The molecule has 0 saturated carbocycles. The first kappa shape index (κ1) is 30.7. The van der Waals surface area contributed by atoms with Gasteiger partial charge in [0.1, 0.15) is 11.2 Å². The van der Waals surface area contributed by atoms with E-state index in [0.717, 1.165) is 89.5 Å². The molecule has 54 heavy (non-hydrogen) atoms. The highest BCUT2D eigenvalue weighted by molar-refractivity contribution is 6.06. The van der Waals surface area contributed by atoms with E-state index in [9.17, 15) is 0 Å². The number of para-hydroxylation sites is 2. The number of furan rings is 1. The minimum absolute atomic E-state index is 0.132. The van der Waals surface area contributed by atoms with E-state index in [1.807, 2.05) is 42.5 Å². The van der Waals surface area contributed by atoms with E-state index < -0.39 is 0 Å². The molecule has 0 spiro atoms. The molecule has 4 heteroatoms.